The predicted octanol–water partition coefficient (Wildman–Crippen LogP) is 6.81. The van der Waals surface area contributed by atoms with Crippen LogP contribution in [0.4, 0.5) is 4.39 Å². The molecule has 0 spiro atoms. The lowest BCUT2D eigenvalue weighted by Gasteiger charge is -2.04. The molecule has 0 amide bonds. The van der Waals surface area contributed by atoms with Crippen LogP contribution in [-0.2, 0) is 0 Å². The second kappa shape index (κ2) is 15.5. The van der Waals surface area contributed by atoms with E-state index in [1.54, 1.807) is 0 Å². The fourth-order valence-corrected chi connectivity index (χ4v) is 2.61. The summed E-state index contributed by atoms with van der Waals surface area (Å²) in [5.41, 5.74) is 0. The first kappa shape index (κ1) is 18.4. The van der Waals surface area contributed by atoms with Gasteiger partial charge < -0.3 is 0 Å². The molecule has 1 atom stereocenters. The van der Waals surface area contributed by atoms with Crippen LogP contribution < -0.4 is 0 Å². The zero-order chi connectivity index (χ0) is 13.5. The van der Waals surface area contributed by atoms with Crippen LogP contribution >= 0.6 is 15.9 Å². The highest BCUT2D eigenvalue weighted by Crippen LogP contribution is 2.14. The quantitative estimate of drug-likeness (QED) is 0.243. The first-order valence-corrected chi connectivity index (χ1v) is 9.13. The normalized spacial score (nSPS) is 12.8. The van der Waals surface area contributed by atoms with Gasteiger partial charge in [-0.1, -0.05) is 99.9 Å². The molecule has 0 aliphatic heterocycles. The van der Waals surface area contributed by atoms with E-state index in [9.17, 15) is 4.39 Å². The molecule has 0 aliphatic carbocycles. The monoisotopic (exact) mass is 322 g/mol. The number of hydrogen-bond acceptors (Lipinski definition) is 0. The van der Waals surface area contributed by atoms with Crippen LogP contribution in [0.1, 0.15) is 90.4 Å². The van der Waals surface area contributed by atoms with Crippen molar-refractivity contribution in [2.45, 2.75) is 96.6 Å². The Hall–Kier alpha value is 0.410. The third-order valence-electron chi connectivity index (χ3n) is 3.54. The van der Waals surface area contributed by atoms with E-state index < -0.39 is 6.17 Å². The van der Waals surface area contributed by atoms with E-state index in [0.29, 0.717) is 5.33 Å². The number of hydrogen-bond donors (Lipinski definition) is 0. The van der Waals surface area contributed by atoms with Crippen molar-refractivity contribution < 1.29 is 4.39 Å². The average molecular weight is 323 g/mol. The Balaban J connectivity index is 2.94. The van der Waals surface area contributed by atoms with E-state index in [0.717, 1.165) is 12.8 Å². The first-order valence-electron chi connectivity index (χ1n) is 8.01. The number of halogens is 2. The Labute approximate surface area is 122 Å². The van der Waals surface area contributed by atoms with Gasteiger partial charge >= 0.3 is 0 Å². The van der Waals surface area contributed by atoms with Gasteiger partial charge in [-0.15, -0.1) is 0 Å². The van der Waals surface area contributed by atoms with Crippen molar-refractivity contribution in [1.82, 2.24) is 0 Å². The Morgan fingerprint density at radius 3 is 1.50 bits per heavy atom. The van der Waals surface area contributed by atoms with Crippen LogP contribution in [0.5, 0.6) is 0 Å². The maximum absolute atomic E-state index is 12.9. The topological polar surface area (TPSA) is 0 Å². The van der Waals surface area contributed by atoms with Crippen molar-refractivity contribution in [2.75, 3.05) is 5.33 Å². The van der Waals surface area contributed by atoms with Gasteiger partial charge in [-0.2, -0.15) is 0 Å². The van der Waals surface area contributed by atoms with Gasteiger partial charge in [0.25, 0.3) is 0 Å². The Morgan fingerprint density at radius 2 is 1.11 bits per heavy atom. The molecule has 0 N–H and O–H groups in total. The van der Waals surface area contributed by atoms with Crippen LogP contribution in [-0.4, -0.2) is 11.5 Å². The van der Waals surface area contributed by atoms with Gasteiger partial charge in [-0.3, -0.25) is 0 Å². The fourth-order valence-electron chi connectivity index (χ4n) is 2.28. The molecule has 0 radical (unpaired) electrons. The smallest absolute Gasteiger partial charge is 0.110 e. The molecular weight excluding hydrogens is 291 g/mol. The molecule has 0 rings (SSSR count). The number of unbranched alkanes of at least 4 members (excludes halogenated alkanes) is 11. The van der Waals surface area contributed by atoms with E-state index in [2.05, 4.69) is 22.9 Å². The summed E-state index contributed by atoms with van der Waals surface area (Å²) in [6.07, 6.45) is 16.2. The Morgan fingerprint density at radius 1 is 0.722 bits per heavy atom. The molecule has 0 aromatic heterocycles. The van der Waals surface area contributed by atoms with E-state index in [1.165, 1.54) is 70.6 Å². The van der Waals surface area contributed by atoms with Crippen molar-refractivity contribution in [3.63, 3.8) is 0 Å². The van der Waals surface area contributed by atoms with Gasteiger partial charge in [0.05, 0.1) is 0 Å². The van der Waals surface area contributed by atoms with Crippen molar-refractivity contribution in [3.05, 3.63) is 0 Å². The van der Waals surface area contributed by atoms with Gasteiger partial charge in [-0.25, -0.2) is 4.39 Å². The number of rotatable bonds is 14. The molecule has 18 heavy (non-hydrogen) atoms. The molecule has 0 aliphatic rings. The van der Waals surface area contributed by atoms with Crippen molar-refractivity contribution in [3.8, 4) is 0 Å². The first-order chi connectivity index (χ1) is 8.81. The van der Waals surface area contributed by atoms with Crippen LogP contribution in [0, 0.1) is 0 Å². The van der Waals surface area contributed by atoms with Gasteiger partial charge in [0.15, 0.2) is 0 Å². The summed E-state index contributed by atoms with van der Waals surface area (Å²) < 4.78 is 12.9. The fraction of sp³-hybridized carbons (Fsp3) is 1.00. The largest absolute Gasteiger partial charge is 0.247 e. The predicted molar refractivity (Wildman–Crippen MR) is 84.4 cm³/mol. The van der Waals surface area contributed by atoms with E-state index in [1.807, 2.05) is 0 Å². The minimum atomic E-state index is -0.631. The van der Waals surface area contributed by atoms with Crippen molar-refractivity contribution in [1.29, 1.82) is 0 Å². The van der Waals surface area contributed by atoms with Gasteiger partial charge in [-0.05, 0) is 6.42 Å². The Bertz CT molecular complexity index is 150. The minimum Gasteiger partial charge on any atom is -0.247 e. The second-order valence-electron chi connectivity index (χ2n) is 5.43. The molecule has 0 bridgehead atoms. The van der Waals surface area contributed by atoms with Gasteiger partial charge in [0.2, 0.25) is 0 Å². The molecule has 0 heterocycles. The summed E-state index contributed by atoms with van der Waals surface area (Å²) in [6, 6.07) is 0. The lowest BCUT2D eigenvalue weighted by Crippen LogP contribution is -2.00. The van der Waals surface area contributed by atoms with Crippen LogP contribution in [0.25, 0.3) is 0 Å². The van der Waals surface area contributed by atoms with Crippen molar-refractivity contribution >= 4 is 15.9 Å². The van der Waals surface area contributed by atoms with Gasteiger partial charge in [0.1, 0.15) is 6.17 Å². The molecule has 0 saturated heterocycles. The molecule has 0 aromatic rings. The van der Waals surface area contributed by atoms with E-state index in [4.69, 9.17) is 0 Å². The minimum absolute atomic E-state index is 0.505. The highest BCUT2D eigenvalue weighted by atomic mass is 79.9. The standard InChI is InChI=1S/C16H32BrF/c1-2-3-4-5-6-7-8-9-10-11-12-13-14-16(18)15-17/h16H,2-15H2,1H3. The zero-order valence-corrected chi connectivity index (χ0v) is 13.8. The van der Waals surface area contributed by atoms with E-state index in [-0.39, 0.29) is 0 Å². The molecule has 0 fully saturated rings. The second-order valence-corrected chi connectivity index (χ2v) is 6.08. The van der Waals surface area contributed by atoms with Crippen LogP contribution in [0.3, 0.4) is 0 Å². The summed E-state index contributed by atoms with van der Waals surface area (Å²) in [6.45, 7) is 2.27. The SMILES string of the molecule is CCCCCCCCCCCCCCC(F)CBr. The maximum atomic E-state index is 12.9. The summed E-state index contributed by atoms with van der Waals surface area (Å²) >= 11 is 3.17. The van der Waals surface area contributed by atoms with Gasteiger partial charge in [0, 0.05) is 5.33 Å². The molecule has 1 unspecified atom stereocenters. The summed E-state index contributed by atoms with van der Waals surface area (Å²) in [5, 5.41) is 0.505. The summed E-state index contributed by atoms with van der Waals surface area (Å²) in [5.74, 6) is 0. The molecular formula is C16H32BrF. The molecule has 0 aromatic carbocycles. The molecule has 0 nitrogen and oxygen atoms in total. The zero-order valence-electron chi connectivity index (χ0n) is 12.2. The highest BCUT2D eigenvalue weighted by Gasteiger charge is 2.02. The molecule has 0 saturated carbocycles. The maximum Gasteiger partial charge on any atom is 0.110 e. The molecule has 110 valence electrons. The summed E-state index contributed by atoms with van der Waals surface area (Å²) in [7, 11) is 0. The van der Waals surface area contributed by atoms with Crippen LogP contribution in [0.2, 0.25) is 0 Å². The third kappa shape index (κ3) is 14.5. The van der Waals surface area contributed by atoms with Crippen molar-refractivity contribution in [2.24, 2.45) is 0 Å². The lowest BCUT2D eigenvalue weighted by molar-refractivity contribution is 0.337. The average Bonchev–Trinajstić information content (AvgIpc) is 2.39. The van der Waals surface area contributed by atoms with Crippen LogP contribution in [0.15, 0.2) is 0 Å². The van der Waals surface area contributed by atoms with E-state index >= 15 is 0 Å². The summed E-state index contributed by atoms with van der Waals surface area (Å²) in [4.78, 5) is 0. The Kier molecular flexibility index (Phi) is 15.8. The number of alkyl halides is 2. The molecule has 2 heteroatoms. The highest BCUT2D eigenvalue weighted by molar-refractivity contribution is 9.09. The lowest BCUT2D eigenvalue weighted by atomic mass is 10.0. The third-order valence-corrected chi connectivity index (χ3v) is 4.24.